The van der Waals surface area contributed by atoms with E-state index in [2.05, 4.69) is 25.3 Å². The van der Waals surface area contributed by atoms with Gasteiger partial charge in [0.25, 0.3) is 5.56 Å². The van der Waals surface area contributed by atoms with Crippen LogP contribution in [-0.2, 0) is 0 Å². The Morgan fingerprint density at radius 2 is 1.87 bits per heavy atom. The normalized spacial score (nSPS) is 12.4. The van der Waals surface area contributed by atoms with Crippen LogP contribution in [0.25, 0.3) is 27.6 Å². The maximum atomic E-state index is 14.5. The predicted molar refractivity (Wildman–Crippen MR) is 113 cm³/mol. The van der Waals surface area contributed by atoms with Crippen LogP contribution in [0.3, 0.4) is 0 Å². The zero-order valence-electron chi connectivity index (χ0n) is 16.3. The zero-order valence-corrected chi connectivity index (χ0v) is 16.3. The van der Waals surface area contributed by atoms with E-state index >= 15 is 0 Å². The second-order valence-electron chi connectivity index (χ2n) is 7.08. The summed E-state index contributed by atoms with van der Waals surface area (Å²) in [6.45, 7) is 1.85. The minimum absolute atomic E-state index is 0.0282. The van der Waals surface area contributed by atoms with Crippen molar-refractivity contribution in [3.05, 3.63) is 88.9 Å². The van der Waals surface area contributed by atoms with Gasteiger partial charge >= 0.3 is 0 Å². The van der Waals surface area contributed by atoms with Gasteiger partial charge in [0.1, 0.15) is 23.5 Å². The van der Waals surface area contributed by atoms with Crippen molar-refractivity contribution in [2.24, 2.45) is 0 Å². The van der Waals surface area contributed by atoms with E-state index in [0.717, 1.165) is 0 Å². The monoisotopic (exact) mass is 418 g/mol. The van der Waals surface area contributed by atoms with E-state index in [1.165, 1.54) is 47.6 Å². The van der Waals surface area contributed by atoms with Gasteiger partial charge in [0.2, 0.25) is 0 Å². The summed E-state index contributed by atoms with van der Waals surface area (Å²) in [4.78, 5) is 28.9. The maximum absolute atomic E-state index is 14.5. The smallest absolute Gasteiger partial charge is 0.266 e. The van der Waals surface area contributed by atoms with Crippen LogP contribution in [0.4, 0.5) is 14.6 Å². The minimum Gasteiger partial charge on any atom is -0.360 e. The lowest BCUT2D eigenvalue weighted by Gasteiger charge is -2.21. The van der Waals surface area contributed by atoms with Gasteiger partial charge in [-0.05, 0) is 48.7 Å². The average Bonchev–Trinajstić information content (AvgIpc) is 3.24. The van der Waals surface area contributed by atoms with Crippen LogP contribution < -0.4 is 10.9 Å². The van der Waals surface area contributed by atoms with E-state index in [4.69, 9.17) is 0 Å². The molecular formula is C22H16F2N6O. The Kier molecular flexibility index (Phi) is 4.43. The Bertz CT molecular complexity index is 1480. The van der Waals surface area contributed by atoms with Crippen molar-refractivity contribution in [2.45, 2.75) is 13.0 Å². The molecule has 154 valence electrons. The third-order valence-corrected chi connectivity index (χ3v) is 5.12. The number of pyridine rings is 1. The first-order valence-electron chi connectivity index (χ1n) is 9.53. The summed E-state index contributed by atoms with van der Waals surface area (Å²) in [6, 6.07) is 11.3. The first-order chi connectivity index (χ1) is 15.0. The molecule has 7 nitrogen and oxygen atoms in total. The molecule has 0 unspecified atom stereocenters. The summed E-state index contributed by atoms with van der Waals surface area (Å²) in [7, 11) is 0. The van der Waals surface area contributed by atoms with Crippen molar-refractivity contribution in [3.8, 4) is 5.69 Å². The summed E-state index contributed by atoms with van der Waals surface area (Å²) in [5, 5.41) is 3.70. The molecule has 0 saturated carbocycles. The summed E-state index contributed by atoms with van der Waals surface area (Å²) >= 11 is 0. The molecule has 0 fully saturated rings. The summed E-state index contributed by atoms with van der Waals surface area (Å²) in [5.41, 5.74) is 1.57. The highest BCUT2D eigenvalue weighted by molar-refractivity contribution is 5.84. The van der Waals surface area contributed by atoms with E-state index in [1.807, 2.05) is 6.92 Å². The van der Waals surface area contributed by atoms with Crippen LogP contribution in [0.2, 0.25) is 0 Å². The second-order valence-corrected chi connectivity index (χ2v) is 7.08. The highest BCUT2D eigenvalue weighted by Crippen LogP contribution is 2.26. The number of benzene rings is 2. The van der Waals surface area contributed by atoms with Crippen LogP contribution in [0.15, 0.2) is 66.0 Å². The molecule has 2 N–H and O–H groups in total. The molecule has 0 spiro atoms. The van der Waals surface area contributed by atoms with Gasteiger partial charge in [0.15, 0.2) is 11.5 Å². The number of hydrogen-bond donors (Lipinski definition) is 2. The number of fused-ring (bicyclic) bond motifs is 2. The molecule has 31 heavy (non-hydrogen) atoms. The van der Waals surface area contributed by atoms with Gasteiger partial charge < -0.3 is 10.3 Å². The topological polar surface area (TPSA) is 88.5 Å². The van der Waals surface area contributed by atoms with E-state index in [-0.39, 0.29) is 5.39 Å². The van der Waals surface area contributed by atoms with E-state index in [1.54, 1.807) is 18.2 Å². The fourth-order valence-corrected chi connectivity index (χ4v) is 3.66. The number of anilines is 1. The SMILES string of the molecule is C[C@H](Nc1ncnc2[nH]cnc12)c1cc2cccc(F)c2c(=O)n1-c1ccc(F)cc1. The largest absolute Gasteiger partial charge is 0.360 e. The molecule has 9 heteroatoms. The van der Waals surface area contributed by atoms with Gasteiger partial charge in [-0.3, -0.25) is 9.36 Å². The second kappa shape index (κ2) is 7.28. The van der Waals surface area contributed by atoms with E-state index in [9.17, 15) is 13.6 Å². The molecule has 5 aromatic rings. The number of nitrogens with zero attached hydrogens (tertiary/aromatic N) is 4. The molecule has 0 radical (unpaired) electrons. The summed E-state index contributed by atoms with van der Waals surface area (Å²) in [6.07, 6.45) is 2.92. The lowest BCUT2D eigenvalue weighted by atomic mass is 10.1. The molecule has 1 atom stereocenters. The first-order valence-corrected chi connectivity index (χ1v) is 9.53. The summed E-state index contributed by atoms with van der Waals surface area (Å²) in [5.74, 6) is -0.561. The Morgan fingerprint density at radius 3 is 2.68 bits per heavy atom. The molecule has 0 aliphatic carbocycles. The fraction of sp³-hybridized carbons (Fsp3) is 0.0909. The molecule has 3 heterocycles. The predicted octanol–water partition coefficient (Wildman–Crippen LogP) is 4.11. The van der Waals surface area contributed by atoms with Crippen molar-refractivity contribution >= 4 is 27.8 Å². The molecule has 0 aliphatic rings. The molecule has 0 amide bonds. The number of halogens is 2. The average molecular weight is 418 g/mol. The van der Waals surface area contributed by atoms with E-state index in [0.29, 0.717) is 33.7 Å². The van der Waals surface area contributed by atoms with Gasteiger partial charge in [0.05, 0.1) is 17.8 Å². The van der Waals surface area contributed by atoms with Crippen LogP contribution in [0.1, 0.15) is 18.7 Å². The third-order valence-electron chi connectivity index (χ3n) is 5.12. The number of aromatic amines is 1. The van der Waals surface area contributed by atoms with Crippen LogP contribution >= 0.6 is 0 Å². The van der Waals surface area contributed by atoms with Crippen molar-refractivity contribution in [2.75, 3.05) is 5.32 Å². The number of hydrogen-bond acceptors (Lipinski definition) is 5. The Labute approximate surface area is 174 Å². The van der Waals surface area contributed by atoms with Gasteiger partial charge in [-0.2, -0.15) is 0 Å². The van der Waals surface area contributed by atoms with Crippen molar-refractivity contribution in [1.82, 2.24) is 24.5 Å². The number of imidazole rings is 1. The number of H-pyrrole nitrogens is 1. The highest BCUT2D eigenvalue weighted by Gasteiger charge is 2.19. The minimum atomic E-state index is -0.612. The van der Waals surface area contributed by atoms with E-state index < -0.39 is 23.2 Å². The highest BCUT2D eigenvalue weighted by atomic mass is 19.1. The molecule has 0 bridgehead atoms. The van der Waals surface area contributed by atoms with Crippen LogP contribution in [0, 0.1) is 11.6 Å². The molecule has 2 aromatic carbocycles. The lowest BCUT2D eigenvalue weighted by molar-refractivity contribution is 0.626. The zero-order chi connectivity index (χ0) is 21.5. The van der Waals surface area contributed by atoms with Gasteiger partial charge in [-0.15, -0.1) is 0 Å². The van der Waals surface area contributed by atoms with Crippen molar-refractivity contribution in [3.63, 3.8) is 0 Å². The quantitative estimate of drug-likeness (QED) is 0.459. The number of rotatable bonds is 4. The molecule has 0 saturated heterocycles. The Hall–Kier alpha value is -4.14. The van der Waals surface area contributed by atoms with Crippen molar-refractivity contribution in [1.29, 1.82) is 0 Å². The molecule has 3 aromatic heterocycles. The van der Waals surface area contributed by atoms with Crippen LogP contribution in [0.5, 0.6) is 0 Å². The van der Waals surface area contributed by atoms with Gasteiger partial charge in [-0.1, -0.05) is 12.1 Å². The standard InChI is InChI=1S/C22H16F2N6O/c1-12(29-21-19-20(26-10-25-19)27-11-28-21)17-9-13-3-2-4-16(24)18(13)22(31)30(17)15-7-5-14(23)6-8-15/h2-12H,1H3,(H2,25,26,27,28,29)/t12-/m0/s1. The third kappa shape index (κ3) is 3.20. The van der Waals surface area contributed by atoms with Crippen LogP contribution in [-0.4, -0.2) is 24.5 Å². The van der Waals surface area contributed by atoms with Gasteiger partial charge in [0, 0.05) is 11.4 Å². The molecule has 5 rings (SSSR count). The van der Waals surface area contributed by atoms with Crippen molar-refractivity contribution < 1.29 is 8.78 Å². The Morgan fingerprint density at radius 1 is 1.06 bits per heavy atom. The fourth-order valence-electron chi connectivity index (χ4n) is 3.66. The maximum Gasteiger partial charge on any atom is 0.266 e. The molecule has 0 aliphatic heterocycles. The lowest BCUT2D eigenvalue weighted by Crippen LogP contribution is -2.26. The Balaban J connectivity index is 1.71. The number of aromatic nitrogens is 5. The number of nitrogens with one attached hydrogen (secondary N) is 2. The summed E-state index contributed by atoms with van der Waals surface area (Å²) < 4.78 is 29.4. The molecular weight excluding hydrogens is 402 g/mol. The first kappa shape index (κ1) is 18.9. The van der Waals surface area contributed by atoms with Gasteiger partial charge in [-0.25, -0.2) is 23.7 Å².